The Bertz CT molecular complexity index is 611. The first-order chi connectivity index (χ1) is 9.34. The van der Waals surface area contributed by atoms with Gasteiger partial charge in [-0.1, -0.05) is 39.3 Å². The predicted octanol–water partition coefficient (Wildman–Crippen LogP) is 4.01. The summed E-state index contributed by atoms with van der Waals surface area (Å²) in [5, 5.41) is 4.88. The van der Waals surface area contributed by atoms with Crippen LogP contribution in [0, 0.1) is 6.92 Å². The fourth-order valence-electron chi connectivity index (χ4n) is 2.00. The Morgan fingerprint density at radius 1 is 1.25 bits per heavy atom. The fraction of sp³-hybridized carbons (Fsp3) is 0.533. The van der Waals surface area contributed by atoms with Crippen LogP contribution in [-0.2, 0) is 12.0 Å². The lowest BCUT2D eigenvalue weighted by molar-refractivity contribution is 0.544. The van der Waals surface area contributed by atoms with Gasteiger partial charge in [0.05, 0.1) is 11.4 Å². The molecule has 0 saturated heterocycles. The van der Waals surface area contributed by atoms with Crippen molar-refractivity contribution in [2.75, 3.05) is 0 Å². The summed E-state index contributed by atoms with van der Waals surface area (Å²) in [6.45, 7) is 11.2. The van der Waals surface area contributed by atoms with Crippen LogP contribution < -0.4 is 0 Å². The molecule has 0 atom stereocenters. The van der Waals surface area contributed by atoms with Crippen LogP contribution in [0.25, 0.3) is 11.4 Å². The summed E-state index contributed by atoms with van der Waals surface area (Å²) < 4.78 is 1.97. The van der Waals surface area contributed by atoms with Gasteiger partial charge in [0.2, 0.25) is 0 Å². The molecule has 0 aromatic carbocycles. The molecule has 0 N–H and O–H groups in total. The Balaban J connectivity index is 2.61. The van der Waals surface area contributed by atoms with Crippen molar-refractivity contribution < 1.29 is 0 Å². The Morgan fingerprint density at radius 2 is 1.95 bits per heavy atom. The summed E-state index contributed by atoms with van der Waals surface area (Å²) in [5.74, 6) is 0.757. The normalized spacial score (nSPS) is 11.9. The van der Waals surface area contributed by atoms with Gasteiger partial charge in [0.25, 0.3) is 0 Å². The number of halogens is 1. The van der Waals surface area contributed by atoms with E-state index in [4.69, 9.17) is 16.6 Å². The second-order valence-electron chi connectivity index (χ2n) is 6.00. The highest BCUT2D eigenvalue weighted by Crippen LogP contribution is 2.29. The largest absolute Gasteiger partial charge is 0.263 e. The first kappa shape index (κ1) is 15.0. The summed E-state index contributed by atoms with van der Waals surface area (Å²) in [4.78, 5) is 9.15. The van der Waals surface area contributed by atoms with Crippen LogP contribution in [0.5, 0.6) is 0 Å². The molecule has 0 amide bonds. The third-order valence-corrected chi connectivity index (χ3v) is 3.52. The number of hydrogen-bond donors (Lipinski definition) is 0. The molecule has 2 heterocycles. The van der Waals surface area contributed by atoms with Crippen molar-refractivity contribution in [3.05, 3.63) is 28.8 Å². The van der Waals surface area contributed by atoms with Gasteiger partial charge in [0.1, 0.15) is 11.0 Å². The molecule has 0 radical (unpaired) electrons. The van der Waals surface area contributed by atoms with Gasteiger partial charge in [-0.15, -0.1) is 0 Å². The van der Waals surface area contributed by atoms with E-state index in [0.717, 1.165) is 35.7 Å². The highest BCUT2D eigenvalue weighted by Gasteiger charge is 2.22. The van der Waals surface area contributed by atoms with Gasteiger partial charge >= 0.3 is 0 Å². The molecule has 0 unspecified atom stereocenters. The molecule has 0 aliphatic rings. The van der Waals surface area contributed by atoms with Gasteiger partial charge in [-0.05, 0) is 19.4 Å². The van der Waals surface area contributed by atoms with Gasteiger partial charge in [0, 0.05) is 23.7 Å². The monoisotopic (exact) mass is 292 g/mol. The Labute approximate surface area is 125 Å². The second-order valence-corrected chi connectivity index (χ2v) is 6.36. The number of aryl methyl sites for hydroxylation is 1. The minimum atomic E-state index is -0.137. The van der Waals surface area contributed by atoms with Crippen molar-refractivity contribution >= 4 is 11.6 Å². The van der Waals surface area contributed by atoms with Crippen molar-refractivity contribution in [3.63, 3.8) is 0 Å². The third kappa shape index (κ3) is 2.85. The molecule has 0 aliphatic heterocycles. The summed E-state index contributed by atoms with van der Waals surface area (Å²) in [5.41, 5.74) is 2.64. The topological polar surface area (TPSA) is 43.6 Å². The number of hydrogen-bond acceptors (Lipinski definition) is 3. The fourth-order valence-corrected chi connectivity index (χ4v) is 2.17. The lowest BCUT2D eigenvalue weighted by atomic mass is 9.95. The van der Waals surface area contributed by atoms with E-state index in [9.17, 15) is 0 Å². The van der Waals surface area contributed by atoms with Crippen molar-refractivity contribution in [2.24, 2.45) is 0 Å². The van der Waals surface area contributed by atoms with Gasteiger partial charge in [-0.25, -0.2) is 9.97 Å². The molecule has 0 aliphatic carbocycles. The molecule has 2 aromatic rings. The second kappa shape index (κ2) is 5.52. The summed E-state index contributed by atoms with van der Waals surface area (Å²) in [6, 6.07) is 1.98. The van der Waals surface area contributed by atoms with Crippen LogP contribution in [0.15, 0.2) is 12.3 Å². The maximum Gasteiger partial charge on any atom is 0.136 e. The molecule has 0 spiro atoms. The van der Waals surface area contributed by atoms with Gasteiger partial charge in [-0.2, -0.15) is 5.10 Å². The quantitative estimate of drug-likeness (QED) is 0.803. The lowest BCUT2D eigenvalue weighted by Crippen LogP contribution is -2.17. The number of aromatic nitrogens is 4. The van der Waals surface area contributed by atoms with Crippen molar-refractivity contribution in [3.8, 4) is 11.4 Å². The van der Waals surface area contributed by atoms with E-state index in [1.54, 1.807) is 6.20 Å². The highest BCUT2D eigenvalue weighted by atomic mass is 35.5. The van der Waals surface area contributed by atoms with Crippen molar-refractivity contribution in [1.82, 2.24) is 19.7 Å². The summed E-state index contributed by atoms with van der Waals surface area (Å²) in [6.07, 6.45) is 2.83. The molecular formula is C15H21ClN4. The standard InChI is InChI=1S/C15H21ClN4/c1-6-9-20-11(7-8-17-20)12-10(2)13(16)19-14(18-12)15(3,4)5/h7-8H,6,9H2,1-5H3. The van der Waals surface area contributed by atoms with E-state index in [-0.39, 0.29) is 5.41 Å². The van der Waals surface area contributed by atoms with Gasteiger partial charge in [0.15, 0.2) is 0 Å². The lowest BCUT2D eigenvalue weighted by Gasteiger charge is -2.19. The van der Waals surface area contributed by atoms with Crippen LogP contribution in [0.3, 0.4) is 0 Å². The average molecular weight is 293 g/mol. The summed E-state index contributed by atoms with van der Waals surface area (Å²) >= 11 is 6.29. The van der Waals surface area contributed by atoms with E-state index < -0.39 is 0 Å². The van der Waals surface area contributed by atoms with Crippen LogP contribution in [0.2, 0.25) is 5.15 Å². The van der Waals surface area contributed by atoms with Gasteiger partial charge in [-0.3, -0.25) is 4.68 Å². The molecular weight excluding hydrogens is 272 g/mol. The maximum atomic E-state index is 6.29. The van der Waals surface area contributed by atoms with E-state index >= 15 is 0 Å². The van der Waals surface area contributed by atoms with Crippen molar-refractivity contribution in [2.45, 2.75) is 53.0 Å². The van der Waals surface area contributed by atoms with Crippen LogP contribution in [-0.4, -0.2) is 19.7 Å². The molecule has 20 heavy (non-hydrogen) atoms. The molecule has 2 rings (SSSR count). The molecule has 0 fully saturated rings. The first-order valence-electron chi connectivity index (χ1n) is 6.91. The smallest absolute Gasteiger partial charge is 0.136 e. The predicted molar refractivity (Wildman–Crippen MR) is 82.0 cm³/mol. The minimum Gasteiger partial charge on any atom is -0.263 e. The Morgan fingerprint density at radius 3 is 2.55 bits per heavy atom. The van der Waals surface area contributed by atoms with Gasteiger partial charge < -0.3 is 0 Å². The SMILES string of the molecule is CCCn1nccc1-c1nc(C(C)(C)C)nc(Cl)c1C. The maximum absolute atomic E-state index is 6.29. The van der Waals surface area contributed by atoms with E-state index in [1.807, 2.05) is 17.7 Å². The van der Waals surface area contributed by atoms with Crippen LogP contribution in [0.1, 0.15) is 45.5 Å². The molecule has 0 bridgehead atoms. The third-order valence-electron chi connectivity index (χ3n) is 3.15. The van der Waals surface area contributed by atoms with Crippen LogP contribution >= 0.6 is 11.6 Å². The molecule has 4 nitrogen and oxygen atoms in total. The Hall–Kier alpha value is -1.42. The summed E-state index contributed by atoms with van der Waals surface area (Å²) in [7, 11) is 0. The Kier molecular flexibility index (Phi) is 4.14. The van der Waals surface area contributed by atoms with Crippen molar-refractivity contribution in [1.29, 1.82) is 0 Å². The molecule has 2 aromatic heterocycles. The molecule has 5 heteroatoms. The van der Waals surface area contributed by atoms with E-state index in [2.05, 4.69) is 37.8 Å². The minimum absolute atomic E-state index is 0.137. The molecule has 108 valence electrons. The highest BCUT2D eigenvalue weighted by molar-refractivity contribution is 6.30. The molecule has 0 saturated carbocycles. The number of rotatable bonds is 3. The van der Waals surface area contributed by atoms with E-state index in [0.29, 0.717) is 5.15 Å². The van der Waals surface area contributed by atoms with E-state index in [1.165, 1.54) is 0 Å². The number of nitrogens with zero attached hydrogens (tertiary/aromatic N) is 4. The first-order valence-corrected chi connectivity index (χ1v) is 7.29. The zero-order valence-electron chi connectivity index (χ0n) is 12.7. The zero-order chi connectivity index (χ0) is 14.9. The zero-order valence-corrected chi connectivity index (χ0v) is 13.5. The van der Waals surface area contributed by atoms with Crippen LogP contribution in [0.4, 0.5) is 0 Å². The average Bonchev–Trinajstić information content (AvgIpc) is 2.80.